The molecule has 15 heavy (non-hydrogen) atoms. The summed E-state index contributed by atoms with van der Waals surface area (Å²) in [6.45, 7) is 0.458. The Labute approximate surface area is 90.0 Å². The first-order chi connectivity index (χ1) is 6.51. The molecule has 1 aliphatic rings. The van der Waals surface area contributed by atoms with Gasteiger partial charge in [-0.2, -0.15) is 0 Å². The minimum absolute atomic E-state index is 0. The number of alkyl halides is 3. The molecule has 0 spiro atoms. The third-order valence-corrected chi connectivity index (χ3v) is 1.98. The Kier molecular flexibility index (Phi) is 5.74. The number of ether oxygens (including phenoxy) is 1. The van der Waals surface area contributed by atoms with Gasteiger partial charge in [0.2, 0.25) is 0 Å². The lowest BCUT2D eigenvalue weighted by molar-refractivity contribution is -0.670. The zero-order valence-electron chi connectivity index (χ0n) is 7.62. The van der Waals surface area contributed by atoms with Crippen molar-refractivity contribution >= 4 is 0 Å². The number of halogens is 4. The lowest BCUT2D eigenvalue weighted by Crippen LogP contribution is -3.00. The van der Waals surface area contributed by atoms with Crippen LogP contribution in [0.2, 0.25) is 0 Å². The molecular weight excluding hydrogens is 237 g/mol. The van der Waals surface area contributed by atoms with Crippen molar-refractivity contribution in [3.05, 3.63) is 10.4 Å². The Balaban J connectivity index is 0.00000196. The van der Waals surface area contributed by atoms with Crippen LogP contribution < -0.4 is 17.7 Å². The minimum Gasteiger partial charge on any atom is -1.00 e. The first-order valence-corrected chi connectivity index (χ1v) is 4.10. The lowest BCUT2D eigenvalue weighted by Gasteiger charge is -2.10. The molecule has 9 heteroatoms. The van der Waals surface area contributed by atoms with Crippen LogP contribution in [0.5, 0.6) is 0 Å². The van der Waals surface area contributed by atoms with E-state index in [1.54, 1.807) is 5.32 Å². The number of hydrogen-bond donors (Lipinski definition) is 1. The molecule has 0 amide bonds. The van der Waals surface area contributed by atoms with Crippen LogP contribution in [0.25, 0.3) is 10.4 Å². The van der Waals surface area contributed by atoms with Gasteiger partial charge in [-0.25, -0.2) is 0 Å². The molecule has 0 radical (unpaired) electrons. The van der Waals surface area contributed by atoms with Crippen LogP contribution in [0.15, 0.2) is 5.11 Å². The Hall–Kier alpha value is -0.690. The monoisotopic (exact) mass is 246 g/mol. The molecule has 1 aliphatic heterocycles. The SMILES string of the molecule is [Cl-].[N-]=[N+]=NC[C@@H]1C[C@H](OC(F)(F)F)C[NH2+]1. The summed E-state index contributed by atoms with van der Waals surface area (Å²) in [6, 6.07) is -0.0988. The molecule has 0 unspecified atom stereocenters. The van der Waals surface area contributed by atoms with E-state index in [4.69, 9.17) is 5.53 Å². The fourth-order valence-corrected chi connectivity index (χ4v) is 1.45. The van der Waals surface area contributed by atoms with Gasteiger partial charge < -0.3 is 17.7 Å². The van der Waals surface area contributed by atoms with Crippen LogP contribution in [-0.4, -0.2) is 31.6 Å². The first kappa shape index (κ1) is 14.3. The van der Waals surface area contributed by atoms with Crippen LogP contribution in [-0.2, 0) is 4.74 Å². The van der Waals surface area contributed by atoms with Gasteiger partial charge >= 0.3 is 6.36 Å². The lowest BCUT2D eigenvalue weighted by atomic mass is 10.2. The van der Waals surface area contributed by atoms with E-state index in [1.165, 1.54) is 0 Å². The van der Waals surface area contributed by atoms with Gasteiger partial charge in [0.05, 0.1) is 12.6 Å². The van der Waals surface area contributed by atoms with Gasteiger partial charge in [0.1, 0.15) is 12.6 Å². The van der Waals surface area contributed by atoms with Crippen molar-refractivity contribution in [2.45, 2.75) is 24.9 Å². The van der Waals surface area contributed by atoms with Gasteiger partial charge in [0.25, 0.3) is 0 Å². The highest BCUT2D eigenvalue weighted by Gasteiger charge is 2.38. The van der Waals surface area contributed by atoms with Crippen LogP contribution in [0.1, 0.15) is 6.42 Å². The second-order valence-corrected chi connectivity index (χ2v) is 3.07. The van der Waals surface area contributed by atoms with E-state index < -0.39 is 12.5 Å². The van der Waals surface area contributed by atoms with Crippen molar-refractivity contribution in [2.75, 3.05) is 13.1 Å². The maximum absolute atomic E-state index is 11.8. The topological polar surface area (TPSA) is 74.6 Å². The summed E-state index contributed by atoms with van der Waals surface area (Å²) in [6.07, 6.45) is -5.14. The molecule has 0 bridgehead atoms. The molecule has 1 saturated heterocycles. The van der Waals surface area contributed by atoms with Crippen molar-refractivity contribution in [3.63, 3.8) is 0 Å². The van der Waals surface area contributed by atoms with Crippen molar-refractivity contribution in [1.82, 2.24) is 0 Å². The molecule has 1 heterocycles. The standard InChI is InChI=1S/C6H9F3N4O.ClH/c7-6(8,9)14-5-1-4(11-3-5)2-12-13-10;/h4-5,11H,1-3H2;1H/t4-,5-;/m0./s1. The maximum Gasteiger partial charge on any atom is 0.522 e. The Morgan fingerprint density at radius 2 is 2.20 bits per heavy atom. The predicted molar refractivity (Wildman–Crippen MR) is 40.1 cm³/mol. The summed E-state index contributed by atoms with van der Waals surface area (Å²) in [5, 5.41) is 5.00. The summed E-state index contributed by atoms with van der Waals surface area (Å²) in [4.78, 5) is 2.54. The Bertz CT molecular complexity index is 243. The summed E-state index contributed by atoms with van der Waals surface area (Å²) in [5.74, 6) is 0. The van der Waals surface area contributed by atoms with E-state index >= 15 is 0 Å². The number of hydrogen-bond acceptors (Lipinski definition) is 2. The largest absolute Gasteiger partial charge is 1.00 e. The molecule has 0 aromatic rings. The average Bonchev–Trinajstić information content (AvgIpc) is 2.46. The van der Waals surface area contributed by atoms with E-state index in [1.807, 2.05) is 0 Å². The molecule has 2 N–H and O–H groups in total. The van der Waals surface area contributed by atoms with Gasteiger partial charge in [-0.15, -0.1) is 13.2 Å². The molecule has 1 rings (SSSR count). The van der Waals surface area contributed by atoms with E-state index in [-0.39, 0.29) is 38.0 Å². The Morgan fingerprint density at radius 1 is 1.53 bits per heavy atom. The van der Waals surface area contributed by atoms with Crippen molar-refractivity contribution in [1.29, 1.82) is 0 Å². The summed E-state index contributed by atoms with van der Waals surface area (Å²) in [5.41, 5.74) is 8.01. The highest BCUT2D eigenvalue weighted by atomic mass is 35.5. The highest BCUT2D eigenvalue weighted by molar-refractivity contribution is 4.71. The molecule has 0 aromatic heterocycles. The number of nitrogens with two attached hydrogens (primary N) is 1. The van der Waals surface area contributed by atoms with Gasteiger partial charge in [-0.05, 0) is 5.53 Å². The normalized spacial score (nSPS) is 25.5. The van der Waals surface area contributed by atoms with Gasteiger partial charge in [0.15, 0.2) is 0 Å². The summed E-state index contributed by atoms with van der Waals surface area (Å²) >= 11 is 0. The molecule has 2 atom stereocenters. The van der Waals surface area contributed by atoms with Crippen molar-refractivity contribution in [3.8, 4) is 0 Å². The quantitative estimate of drug-likeness (QED) is 0.335. The average molecular weight is 247 g/mol. The molecule has 88 valence electrons. The number of nitrogens with zero attached hydrogens (tertiary/aromatic N) is 3. The summed E-state index contributed by atoms with van der Waals surface area (Å²) in [7, 11) is 0. The van der Waals surface area contributed by atoms with Crippen molar-refractivity contribution in [2.24, 2.45) is 5.11 Å². The third kappa shape index (κ3) is 5.68. The number of rotatable bonds is 3. The van der Waals surface area contributed by atoms with Crippen LogP contribution in [0.4, 0.5) is 13.2 Å². The molecule has 0 aliphatic carbocycles. The van der Waals surface area contributed by atoms with E-state index in [0.29, 0.717) is 0 Å². The van der Waals surface area contributed by atoms with Crippen molar-refractivity contribution < 1.29 is 35.6 Å². The Morgan fingerprint density at radius 3 is 2.73 bits per heavy atom. The second kappa shape index (κ2) is 6.02. The second-order valence-electron chi connectivity index (χ2n) is 3.07. The molecule has 0 aromatic carbocycles. The fraction of sp³-hybridized carbons (Fsp3) is 1.00. The zero-order chi connectivity index (χ0) is 10.6. The number of azide groups is 1. The van der Waals surface area contributed by atoms with Crippen LogP contribution >= 0.6 is 0 Å². The van der Waals surface area contributed by atoms with Gasteiger partial charge in [0, 0.05) is 11.3 Å². The van der Waals surface area contributed by atoms with E-state index in [0.717, 1.165) is 0 Å². The smallest absolute Gasteiger partial charge is 0.522 e. The predicted octanol–water partition coefficient (Wildman–Crippen LogP) is -2.46. The minimum atomic E-state index is -4.58. The molecule has 0 saturated carbocycles. The maximum atomic E-state index is 11.8. The molecule has 1 fully saturated rings. The third-order valence-electron chi connectivity index (χ3n) is 1.98. The van der Waals surface area contributed by atoms with E-state index in [9.17, 15) is 13.2 Å². The highest BCUT2D eigenvalue weighted by Crippen LogP contribution is 2.21. The van der Waals surface area contributed by atoms with Crippen LogP contribution in [0.3, 0.4) is 0 Å². The fourth-order valence-electron chi connectivity index (χ4n) is 1.45. The molecular formula is C6H10ClF3N4O. The molecule has 5 nitrogen and oxygen atoms in total. The zero-order valence-corrected chi connectivity index (χ0v) is 8.37. The van der Waals surface area contributed by atoms with Gasteiger partial charge in [-0.3, -0.25) is 4.74 Å². The first-order valence-electron chi connectivity index (χ1n) is 4.10. The van der Waals surface area contributed by atoms with E-state index in [2.05, 4.69) is 14.8 Å². The summed E-state index contributed by atoms with van der Waals surface area (Å²) < 4.78 is 39.1. The van der Waals surface area contributed by atoms with Gasteiger partial charge in [-0.1, -0.05) is 5.11 Å². The van der Waals surface area contributed by atoms with Crippen LogP contribution in [0, 0.1) is 0 Å². The number of quaternary nitrogens is 1.